The van der Waals surface area contributed by atoms with Crippen LogP contribution in [0.5, 0.6) is 5.75 Å². The van der Waals surface area contributed by atoms with E-state index in [1.807, 2.05) is 0 Å². The first-order valence-corrected chi connectivity index (χ1v) is 10.4. The zero-order valence-corrected chi connectivity index (χ0v) is 15.4. The third-order valence-electron chi connectivity index (χ3n) is 5.45. The molecule has 3 aliphatic rings. The van der Waals surface area contributed by atoms with Crippen LogP contribution < -0.4 is 14.3 Å². The van der Waals surface area contributed by atoms with E-state index >= 15 is 4.39 Å². The lowest BCUT2D eigenvalue weighted by atomic mass is 10.1. The zero-order chi connectivity index (χ0) is 18.3. The highest BCUT2D eigenvalue weighted by Crippen LogP contribution is 2.40. The van der Waals surface area contributed by atoms with Crippen LogP contribution in [0.25, 0.3) is 0 Å². The third-order valence-corrected chi connectivity index (χ3v) is 6.56. The molecule has 0 spiro atoms. The number of hydrogen-bond donors (Lipinski definition) is 3. The Morgan fingerprint density at radius 3 is 2.85 bits per heavy atom. The second-order valence-electron chi connectivity index (χ2n) is 7.57. The maximum atomic E-state index is 15.0. The van der Waals surface area contributed by atoms with E-state index in [9.17, 15) is 14.1 Å². The average Bonchev–Trinajstić information content (AvgIpc) is 3.23. The molecule has 2 atom stereocenters. The number of hydrogen-bond acceptors (Lipinski definition) is 4. The van der Waals surface area contributed by atoms with Gasteiger partial charge in [0, 0.05) is 0 Å². The predicted molar refractivity (Wildman–Crippen MR) is 97.4 cm³/mol. The van der Waals surface area contributed by atoms with E-state index in [0.29, 0.717) is 17.9 Å². The van der Waals surface area contributed by atoms with Crippen LogP contribution in [0.4, 0.5) is 10.1 Å². The maximum absolute atomic E-state index is 15.0. The molecule has 6 nitrogen and oxygen atoms in total. The second-order valence-corrected chi connectivity index (χ2v) is 8.71. The first-order chi connectivity index (χ1) is 12.5. The van der Waals surface area contributed by atoms with Gasteiger partial charge in [0.1, 0.15) is 18.0 Å². The van der Waals surface area contributed by atoms with Crippen molar-refractivity contribution >= 4 is 22.8 Å². The van der Waals surface area contributed by atoms with Gasteiger partial charge >= 0.3 is 0 Å². The standard InChI is InChI=1S/C18H24FN3O3S/c19-17-14-7-12(9-20-5-1-2-11-3-4-11)6-13(14)8-15(23)18(17)22-10-16(24)21-26(22)25/h8,11-12,20,23H,1-7,9-10H2,(H,21,24). The molecule has 1 aliphatic heterocycles. The smallest absolute Gasteiger partial charge is 0.253 e. The highest BCUT2D eigenvalue weighted by molar-refractivity contribution is 7.85. The predicted octanol–water partition coefficient (Wildman–Crippen LogP) is 1.54. The van der Waals surface area contributed by atoms with Gasteiger partial charge in [-0.1, -0.05) is 12.8 Å². The molecule has 142 valence electrons. The molecule has 1 saturated carbocycles. The number of halogens is 1. The van der Waals surface area contributed by atoms with Crippen molar-refractivity contribution in [3.8, 4) is 5.75 Å². The molecule has 4 rings (SSSR count). The van der Waals surface area contributed by atoms with Crippen LogP contribution in [0.15, 0.2) is 6.07 Å². The Balaban J connectivity index is 1.40. The van der Waals surface area contributed by atoms with Crippen LogP contribution in [0.3, 0.4) is 0 Å². The van der Waals surface area contributed by atoms with E-state index in [4.69, 9.17) is 0 Å². The molecule has 1 amide bonds. The number of amides is 1. The number of carbonyl (C=O) groups excluding carboxylic acids is 1. The van der Waals surface area contributed by atoms with Gasteiger partial charge in [-0.15, -0.1) is 0 Å². The van der Waals surface area contributed by atoms with Crippen molar-refractivity contribution in [1.29, 1.82) is 0 Å². The molecule has 26 heavy (non-hydrogen) atoms. The number of anilines is 1. The molecule has 2 fully saturated rings. The number of aromatic hydroxyl groups is 1. The normalized spacial score (nSPS) is 24.8. The zero-order valence-electron chi connectivity index (χ0n) is 14.6. The minimum atomic E-state index is -1.85. The lowest BCUT2D eigenvalue weighted by molar-refractivity contribution is -0.117. The summed E-state index contributed by atoms with van der Waals surface area (Å²) in [6, 6.07) is 1.56. The van der Waals surface area contributed by atoms with Gasteiger partial charge in [-0.05, 0) is 67.8 Å². The largest absolute Gasteiger partial charge is 0.506 e. The van der Waals surface area contributed by atoms with Crippen LogP contribution in [0.2, 0.25) is 0 Å². The lowest BCUT2D eigenvalue weighted by Gasteiger charge is -2.18. The van der Waals surface area contributed by atoms with Gasteiger partial charge in [0.2, 0.25) is 11.2 Å². The summed E-state index contributed by atoms with van der Waals surface area (Å²) in [5.41, 5.74) is 1.23. The number of fused-ring (bicyclic) bond motifs is 1. The quantitative estimate of drug-likeness (QED) is 0.626. The molecule has 8 heteroatoms. The van der Waals surface area contributed by atoms with Crippen molar-refractivity contribution < 1.29 is 18.5 Å². The first-order valence-electron chi connectivity index (χ1n) is 9.25. The van der Waals surface area contributed by atoms with Crippen LogP contribution >= 0.6 is 0 Å². The van der Waals surface area contributed by atoms with Gasteiger partial charge in [-0.3, -0.25) is 13.8 Å². The number of carbonyl (C=O) groups is 1. The minimum Gasteiger partial charge on any atom is -0.506 e. The van der Waals surface area contributed by atoms with Gasteiger partial charge in [-0.2, -0.15) is 0 Å². The fourth-order valence-corrected chi connectivity index (χ4v) is 4.88. The van der Waals surface area contributed by atoms with Crippen molar-refractivity contribution in [2.24, 2.45) is 11.8 Å². The summed E-state index contributed by atoms with van der Waals surface area (Å²) in [5, 5.41) is 13.7. The molecule has 3 N–H and O–H groups in total. The number of rotatable bonds is 7. The summed E-state index contributed by atoms with van der Waals surface area (Å²) in [7, 11) is 0. The molecular weight excluding hydrogens is 357 g/mol. The van der Waals surface area contributed by atoms with Crippen LogP contribution in [-0.2, 0) is 28.8 Å². The van der Waals surface area contributed by atoms with E-state index in [1.165, 1.54) is 25.7 Å². The summed E-state index contributed by atoms with van der Waals surface area (Å²) in [6.45, 7) is 1.59. The van der Waals surface area contributed by atoms with Crippen molar-refractivity contribution in [2.45, 2.75) is 38.5 Å². The van der Waals surface area contributed by atoms with Crippen LogP contribution in [0.1, 0.15) is 36.8 Å². The summed E-state index contributed by atoms with van der Waals surface area (Å²) in [4.78, 5) is 11.4. The first kappa shape index (κ1) is 17.7. The van der Waals surface area contributed by atoms with Gasteiger partial charge in [0.25, 0.3) is 5.91 Å². The average molecular weight is 381 g/mol. The fourth-order valence-electron chi connectivity index (χ4n) is 3.94. The molecule has 1 saturated heterocycles. The van der Waals surface area contributed by atoms with E-state index < -0.39 is 22.9 Å². The Morgan fingerprint density at radius 1 is 1.35 bits per heavy atom. The molecule has 0 aromatic heterocycles. The number of benzene rings is 1. The van der Waals surface area contributed by atoms with E-state index in [2.05, 4.69) is 10.0 Å². The second kappa shape index (κ2) is 7.15. The third kappa shape index (κ3) is 3.57. The van der Waals surface area contributed by atoms with Crippen molar-refractivity contribution in [3.05, 3.63) is 23.0 Å². The van der Waals surface area contributed by atoms with Gasteiger partial charge < -0.3 is 10.4 Å². The fraction of sp³-hybridized carbons (Fsp3) is 0.611. The number of phenols is 1. The van der Waals surface area contributed by atoms with Gasteiger partial charge in [0.05, 0.1) is 0 Å². The molecule has 1 aromatic rings. The SMILES string of the molecule is O=C1CN(c2c(O)cc3c(c2F)CC(CNCCCC2CC2)C3)S(=O)N1. The Kier molecular flexibility index (Phi) is 4.88. The van der Waals surface area contributed by atoms with Gasteiger partial charge in [0.15, 0.2) is 5.82 Å². The Hall–Kier alpha value is -1.67. The molecule has 1 heterocycles. The Labute approximate surface area is 154 Å². The minimum absolute atomic E-state index is 0.140. The summed E-state index contributed by atoms with van der Waals surface area (Å²) < 4.78 is 30.2. The van der Waals surface area contributed by atoms with Crippen LogP contribution in [0, 0.1) is 17.7 Å². The topological polar surface area (TPSA) is 81.7 Å². The maximum Gasteiger partial charge on any atom is 0.253 e. The lowest BCUT2D eigenvalue weighted by Crippen LogP contribution is -2.24. The van der Waals surface area contributed by atoms with Crippen molar-refractivity contribution in [2.75, 3.05) is 23.9 Å². The molecular formula is C18H24FN3O3S. The number of nitrogens with one attached hydrogen (secondary N) is 2. The molecule has 2 aliphatic carbocycles. The van der Waals surface area contributed by atoms with E-state index in [-0.39, 0.29) is 18.0 Å². The van der Waals surface area contributed by atoms with E-state index in [0.717, 1.165) is 35.3 Å². The monoisotopic (exact) mass is 381 g/mol. The van der Waals surface area contributed by atoms with Gasteiger partial charge in [-0.25, -0.2) is 8.60 Å². The van der Waals surface area contributed by atoms with E-state index in [1.54, 1.807) is 6.07 Å². The van der Waals surface area contributed by atoms with Crippen LogP contribution in [-0.4, -0.2) is 34.9 Å². The Morgan fingerprint density at radius 2 is 2.15 bits per heavy atom. The summed E-state index contributed by atoms with van der Waals surface area (Å²) in [6.07, 6.45) is 6.55. The van der Waals surface area contributed by atoms with Crippen molar-refractivity contribution in [1.82, 2.24) is 10.0 Å². The highest BCUT2D eigenvalue weighted by Gasteiger charge is 2.35. The Bertz CT molecular complexity index is 754. The van der Waals surface area contributed by atoms with Crippen molar-refractivity contribution in [3.63, 3.8) is 0 Å². The molecule has 0 bridgehead atoms. The summed E-state index contributed by atoms with van der Waals surface area (Å²) in [5.74, 6) is -0.0272. The highest BCUT2D eigenvalue weighted by atomic mass is 32.2. The molecule has 2 unspecified atom stereocenters. The molecule has 1 aromatic carbocycles. The number of nitrogens with zero attached hydrogens (tertiary/aromatic N) is 1. The number of phenolic OH excluding ortho intramolecular Hbond substituents is 1. The summed E-state index contributed by atoms with van der Waals surface area (Å²) >= 11 is -1.85. The molecule has 0 radical (unpaired) electrons.